The van der Waals surface area contributed by atoms with Crippen LogP contribution in [-0.4, -0.2) is 47.9 Å². The Kier molecular flexibility index (Phi) is 7.29. The smallest absolute Gasteiger partial charge is 0.243 e. The van der Waals surface area contributed by atoms with Crippen LogP contribution in [0.3, 0.4) is 0 Å². The molecule has 2 aliphatic heterocycles. The van der Waals surface area contributed by atoms with E-state index in [1.54, 1.807) is 0 Å². The summed E-state index contributed by atoms with van der Waals surface area (Å²) in [6.45, 7) is 4.39. The number of rotatable bonds is 6. The minimum atomic E-state index is -1.25. The average molecular weight is 466 g/mol. The lowest BCUT2D eigenvalue weighted by atomic mass is 9.94. The van der Waals surface area contributed by atoms with Gasteiger partial charge in [-0.05, 0) is 29.0 Å². The van der Waals surface area contributed by atoms with Crippen LogP contribution in [0.25, 0.3) is 0 Å². The first-order valence-corrected chi connectivity index (χ1v) is 12.0. The van der Waals surface area contributed by atoms with Crippen LogP contribution in [0, 0.1) is 5.92 Å². The Morgan fingerprint density at radius 1 is 1.03 bits per heavy atom. The standard InChI is InChI=1S/C27H32FN3O3/c1-17(2)18-8-10-20(11-9-18)25(19-6-4-3-5-7-19)30-26(33)23-14-22(28)16-31(23)27(34)21-12-13-24(32)29-15-21/h3-11,17,21-23,25H,12-16H2,1-2H3,(H,29,32)(H,30,33). The van der Waals surface area contributed by atoms with Gasteiger partial charge in [0.05, 0.1) is 18.5 Å². The van der Waals surface area contributed by atoms with Crippen LogP contribution in [0.2, 0.25) is 0 Å². The van der Waals surface area contributed by atoms with Gasteiger partial charge in [-0.3, -0.25) is 14.4 Å². The SMILES string of the molecule is CC(C)c1ccc(C(NC(=O)C2CC(F)CN2C(=O)C2CCC(=O)NC2)c2ccccc2)cc1. The van der Waals surface area contributed by atoms with E-state index in [1.807, 2.05) is 42.5 Å². The van der Waals surface area contributed by atoms with E-state index < -0.39 is 24.2 Å². The van der Waals surface area contributed by atoms with Gasteiger partial charge in [0.1, 0.15) is 12.2 Å². The molecule has 2 aliphatic rings. The van der Waals surface area contributed by atoms with Crippen LogP contribution in [0.15, 0.2) is 54.6 Å². The minimum Gasteiger partial charge on any atom is -0.355 e. The van der Waals surface area contributed by atoms with Gasteiger partial charge >= 0.3 is 0 Å². The molecule has 2 aromatic carbocycles. The third-order valence-corrected chi connectivity index (χ3v) is 6.81. The number of carbonyl (C=O) groups is 3. The normalized spacial score (nSPS) is 23.5. The Morgan fingerprint density at radius 2 is 1.68 bits per heavy atom. The first-order valence-electron chi connectivity index (χ1n) is 12.0. The molecule has 34 heavy (non-hydrogen) atoms. The molecule has 7 heteroatoms. The number of hydrogen-bond donors (Lipinski definition) is 2. The van der Waals surface area contributed by atoms with Crippen molar-refractivity contribution in [1.29, 1.82) is 0 Å². The van der Waals surface area contributed by atoms with E-state index in [0.29, 0.717) is 12.3 Å². The predicted molar refractivity (Wildman–Crippen MR) is 128 cm³/mol. The topological polar surface area (TPSA) is 78.5 Å². The Balaban J connectivity index is 1.55. The fourth-order valence-corrected chi connectivity index (χ4v) is 4.77. The van der Waals surface area contributed by atoms with Crippen LogP contribution >= 0.6 is 0 Å². The Labute approximate surface area is 199 Å². The summed E-state index contributed by atoms with van der Waals surface area (Å²) >= 11 is 0. The van der Waals surface area contributed by atoms with Gasteiger partial charge in [0, 0.05) is 19.4 Å². The van der Waals surface area contributed by atoms with Crippen LogP contribution in [0.4, 0.5) is 4.39 Å². The maximum atomic E-state index is 14.4. The lowest BCUT2D eigenvalue weighted by Crippen LogP contribution is -2.51. The molecule has 4 rings (SSSR count). The summed E-state index contributed by atoms with van der Waals surface area (Å²) in [6, 6.07) is 16.5. The first kappa shape index (κ1) is 23.9. The van der Waals surface area contributed by atoms with Gasteiger partial charge in [-0.1, -0.05) is 68.4 Å². The van der Waals surface area contributed by atoms with E-state index in [9.17, 15) is 18.8 Å². The molecule has 4 unspecified atom stereocenters. The summed E-state index contributed by atoms with van der Waals surface area (Å²) in [5.41, 5.74) is 3.04. The minimum absolute atomic E-state index is 0.0234. The highest BCUT2D eigenvalue weighted by Gasteiger charge is 2.43. The monoisotopic (exact) mass is 465 g/mol. The van der Waals surface area contributed by atoms with Gasteiger partial charge in [0.25, 0.3) is 0 Å². The molecule has 2 N–H and O–H groups in total. The molecule has 0 radical (unpaired) electrons. The molecule has 2 saturated heterocycles. The van der Waals surface area contributed by atoms with Crippen molar-refractivity contribution in [3.63, 3.8) is 0 Å². The number of benzene rings is 2. The molecule has 0 saturated carbocycles. The Morgan fingerprint density at radius 3 is 2.29 bits per heavy atom. The predicted octanol–water partition coefficient (Wildman–Crippen LogP) is 3.48. The number of piperidine rings is 1. The molecular weight excluding hydrogens is 433 g/mol. The van der Waals surface area contributed by atoms with Crippen molar-refractivity contribution in [3.8, 4) is 0 Å². The molecule has 2 fully saturated rings. The van der Waals surface area contributed by atoms with Crippen LogP contribution in [0.1, 0.15) is 61.8 Å². The molecular formula is C27H32FN3O3. The lowest BCUT2D eigenvalue weighted by molar-refractivity contribution is -0.143. The van der Waals surface area contributed by atoms with E-state index in [0.717, 1.165) is 11.1 Å². The average Bonchev–Trinajstić information content (AvgIpc) is 3.25. The summed E-state index contributed by atoms with van der Waals surface area (Å²) in [5.74, 6) is -0.750. The molecule has 0 aliphatic carbocycles. The molecule has 180 valence electrons. The molecule has 6 nitrogen and oxygen atoms in total. The van der Waals surface area contributed by atoms with E-state index in [2.05, 4.69) is 36.6 Å². The molecule has 3 amide bonds. The zero-order valence-electron chi connectivity index (χ0n) is 19.7. The fraction of sp³-hybridized carbons (Fsp3) is 0.444. The summed E-state index contributed by atoms with van der Waals surface area (Å²) in [6.07, 6.45) is -0.590. The number of amides is 3. The number of likely N-dealkylation sites (tertiary alicyclic amines) is 1. The van der Waals surface area contributed by atoms with E-state index in [-0.39, 0.29) is 43.7 Å². The van der Waals surface area contributed by atoms with Gasteiger partial charge in [0.2, 0.25) is 17.7 Å². The summed E-state index contributed by atoms with van der Waals surface area (Å²) in [5, 5.41) is 5.78. The zero-order chi connectivity index (χ0) is 24.2. The van der Waals surface area contributed by atoms with Gasteiger partial charge in [-0.15, -0.1) is 0 Å². The van der Waals surface area contributed by atoms with Crippen molar-refractivity contribution in [2.75, 3.05) is 13.1 Å². The van der Waals surface area contributed by atoms with Crippen molar-refractivity contribution in [2.24, 2.45) is 5.92 Å². The Bertz CT molecular complexity index is 1020. The van der Waals surface area contributed by atoms with Crippen molar-refractivity contribution in [3.05, 3.63) is 71.3 Å². The highest BCUT2D eigenvalue weighted by molar-refractivity contribution is 5.90. The summed E-state index contributed by atoms with van der Waals surface area (Å²) < 4.78 is 14.4. The number of nitrogens with one attached hydrogen (secondary N) is 2. The number of nitrogens with zero attached hydrogens (tertiary/aromatic N) is 1. The highest BCUT2D eigenvalue weighted by Crippen LogP contribution is 2.28. The second-order valence-corrected chi connectivity index (χ2v) is 9.55. The quantitative estimate of drug-likeness (QED) is 0.686. The molecule has 2 aromatic rings. The maximum absolute atomic E-state index is 14.4. The first-order chi connectivity index (χ1) is 16.3. The van der Waals surface area contributed by atoms with E-state index in [1.165, 1.54) is 10.5 Å². The highest BCUT2D eigenvalue weighted by atomic mass is 19.1. The maximum Gasteiger partial charge on any atom is 0.243 e. The lowest BCUT2D eigenvalue weighted by Gasteiger charge is -2.31. The van der Waals surface area contributed by atoms with Gasteiger partial charge in [-0.2, -0.15) is 0 Å². The van der Waals surface area contributed by atoms with Gasteiger partial charge in [-0.25, -0.2) is 4.39 Å². The molecule has 2 heterocycles. The van der Waals surface area contributed by atoms with Crippen molar-refractivity contribution >= 4 is 17.7 Å². The molecule has 4 atom stereocenters. The number of halogens is 1. The zero-order valence-corrected chi connectivity index (χ0v) is 19.7. The third kappa shape index (κ3) is 5.29. The summed E-state index contributed by atoms with van der Waals surface area (Å²) in [7, 11) is 0. The second kappa shape index (κ2) is 10.4. The van der Waals surface area contributed by atoms with E-state index >= 15 is 0 Å². The number of hydrogen-bond acceptors (Lipinski definition) is 3. The largest absolute Gasteiger partial charge is 0.355 e. The van der Waals surface area contributed by atoms with Gasteiger partial charge in [0.15, 0.2) is 0 Å². The summed E-state index contributed by atoms with van der Waals surface area (Å²) in [4.78, 5) is 39.4. The van der Waals surface area contributed by atoms with E-state index in [4.69, 9.17) is 0 Å². The van der Waals surface area contributed by atoms with Crippen molar-refractivity contribution in [2.45, 2.75) is 57.3 Å². The van der Waals surface area contributed by atoms with Crippen molar-refractivity contribution in [1.82, 2.24) is 15.5 Å². The molecule has 0 aromatic heterocycles. The van der Waals surface area contributed by atoms with Gasteiger partial charge < -0.3 is 15.5 Å². The second-order valence-electron chi connectivity index (χ2n) is 9.55. The fourth-order valence-electron chi connectivity index (χ4n) is 4.77. The molecule has 0 bridgehead atoms. The van der Waals surface area contributed by atoms with Crippen LogP contribution in [0.5, 0.6) is 0 Å². The Hall–Kier alpha value is -3.22. The van der Waals surface area contributed by atoms with Crippen molar-refractivity contribution < 1.29 is 18.8 Å². The van der Waals surface area contributed by atoms with Crippen LogP contribution < -0.4 is 10.6 Å². The molecule has 0 spiro atoms. The van der Waals surface area contributed by atoms with Crippen LogP contribution in [-0.2, 0) is 14.4 Å². The number of carbonyl (C=O) groups excluding carboxylic acids is 3. The number of alkyl halides is 1. The third-order valence-electron chi connectivity index (χ3n) is 6.81.